The summed E-state index contributed by atoms with van der Waals surface area (Å²) < 4.78 is 30.7. The van der Waals surface area contributed by atoms with Crippen LogP contribution >= 0.6 is 0 Å². The van der Waals surface area contributed by atoms with E-state index in [1.807, 2.05) is 30.3 Å². The van der Waals surface area contributed by atoms with Crippen LogP contribution in [0.1, 0.15) is 18.4 Å². The second kappa shape index (κ2) is 7.19. The van der Waals surface area contributed by atoms with Gasteiger partial charge in [0.25, 0.3) is 0 Å². The second-order valence-corrected chi connectivity index (χ2v) is 9.76. The van der Waals surface area contributed by atoms with Crippen molar-refractivity contribution in [3.05, 3.63) is 35.9 Å². The Morgan fingerprint density at radius 1 is 1.19 bits per heavy atom. The maximum Gasteiger partial charge on any atom is 0.193 e. The maximum atomic E-state index is 12.3. The highest BCUT2D eigenvalue weighted by Gasteiger charge is 2.53. The fraction of sp³-hybridized carbons (Fsp3) is 0.632. The zero-order valence-electron chi connectivity index (χ0n) is 15.2. The topological polar surface area (TPSA) is 71.0 Å². The lowest BCUT2D eigenvalue weighted by atomic mass is 9.82. The minimum atomic E-state index is -3.14. The maximum absolute atomic E-state index is 12.3. The third kappa shape index (κ3) is 3.60. The average molecular weight is 378 g/mol. The quantitative estimate of drug-likeness (QED) is 0.618. The molecule has 142 valence electrons. The van der Waals surface area contributed by atoms with Gasteiger partial charge in [-0.3, -0.25) is 4.99 Å². The van der Waals surface area contributed by atoms with Crippen molar-refractivity contribution in [2.45, 2.75) is 30.8 Å². The monoisotopic (exact) mass is 377 g/mol. The molecule has 1 aromatic carbocycles. The normalized spacial score (nSPS) is 30.7. The number of sulfone groups is 1. The third-order valence-electron chi connectivity index (χ3n) is 5.89. The van der Waals surface area contributed by atoms with Crippen LogP contribution in [0.4, 0.5) is 0 Å². The Hall–Kier alpha value is -1.60. The first-order valence-corrected chi connectivity index (χ1v) is 11.2. The first-order valence-electron chi connectivity index (χ1n) is 9.41. The SMILES string of the molecule is CN=C(NCCS(=O)(=O)Cc1ccccc1)N1CC2C3CCC(O3)C2C1. The number of benzene rings is 1. The van der Waals surface area contributed by atoms with E-state index < -0.39 is 9.84 Å². The van der Waals surface area contributed by atoms with E-state index in [1.54, 1.807) is 7.05 Å². The molecular weight excluding hydrogens is 350 g/mol. The molecule has 1 N–H and O–H groups in total. The molecule has 0 radical (unpaired) electrons. The Kier molecular flexibility index (Phi) is 4.92. The summed E-state index contributed by atoms with van der Waals surface area (Å²) in [4.78, 5) is 6.64. The van der Waals surface area contributed by atoms with Crippen molar-refractivity contribution >= 4 is 15.8 Å². The Morgan fingerprint density at radius 2 is 1.85 bits per heavy atom. The van der Waals surface area contributed by atoms with Crippen LogP contribution in [-0.2, 0) is 20.3 Å². The van der Waals surface area contributed by atoms with Gasteiger partial charge in [0.1, 0.15) is 0 Å². The smallest absolute Gasteiger partial charge is 0.193 e. The van der Waals surface area contributed by atoms with Crippen molar-refractivity contribution in [1.29, 1.82) is 0 Å². The van der Waals surface area contributed by atoms with Gasteiger partial charge in [-0.15, -0.1) is 0 Å². The van der Waals surface area contributed by atoms with Crippen molar-refractivity contribution < 1.29 is 13.2 Å². The van der Waals surface area contributed by atoms with Gasteiger partial charge in [-0.1, -0.05) is 30.3 Å². The lowest BCUT2D eigenvalue weighted by Crippen LogP contribution is -2.43. The molecule has 6 nitrogen and oxygen atoms in total. The van der Waals surface area contributed by atoms with Crippen LogP contribution in [0, 0.1) is 11.8 Å². The summed E-state index contributed by atoms with van der Waals surface area (Å²) >= 11 is 0. The van der Waals surface area contributed by atoms with Gasteiger partial charge in [0, 0.05) is 38.5 Å². The fourth-order valence-corrected chi connectivity index (χ4v) is 5.94. The molecule has 0 saturated carbocycles. The van der Waals surface area contributed by atoms with Gasteiger partial charge >= 0.3 is 0 Å². The molecule has 0 aliphatic carbocycles. The van der Waals surface area contributed by atoms with E-state index in [1.165, 1.54) is 12.8 Å². The first-order chi connectivity index (χ1) is 12.6. The van der Waals surface area contributed by atoms with Gasteiger partial charge in [-0.05, 0) is 18.4 Å². The van der Waals surface area contributed by atoms with E-state index in [0.717, 1.165) is 24.6 Å². The van der Waals surface area contributed by atoms with Crippen LogP contribution in [-0.4, -0.2) is 63.9 Å². The van der Waals surface area contributed by atoms with E-state index in [2.05, 4.69) is 15.2 Å². The predicted molar refractivity (Wildman–Crippen MR) is 102 cm³/mol. The minimum Gasteiger partial charge on any atom is -0.374 e. The number of ether oxygens (including phenoxy) is 1. The van der Waals surface area contributed by atoms with Crippen molar-refractivity contribution in [2.75, 3.05) is 32.4 Å². The summed E-state index contributed by atoms with van der Waals surface area (Å²) in [7, 11) is -1.38. The lowest BCUT2D eigenvalue weighted by Gasteiger charge is -2.23. The van der Waals surface area contributed by atoms with Crippen LogP contribution in [0.15, 0.2) is 35.3 Å². The number of nitrogens with zero attached hydrogens (tertiary/aromatic N) is 2. The van der Waals surface area contributed by atoms with Crippen LogP contribution in [0.25, 0.3) is 0 Å². The van der Waals surface area contributed by atoms with Crippen molar-refractivity contribution in [2.24, 2.45) is 16.8 Å². The molecule has 4 unspecified atom stereocenters. The molecule has 2 bridgehead atoms. The van der Waals surface area contributed by atoms with Crippen molar-refractivity contribution in [3.8, 4) is 0 Å². The number of fused-ring (bicyclic) bond motifs is 5. The number of nitrogens with one attached hydrogen (secondary N) is 1. The number of guanidine groups is 1. The van der Waals surface area contributed by atoms with Crippen LogP contribution in [0.5, 0.6) is 0 Å². The molecule has 3 fully saturated rings. The average Bonchev–Trinajstić information content (AvgIpc) is 3.32. The van der Waals surface area contributed by atoms with Gasteiger partial charge in [0.2, 0.25) is 0 Å². The van der Waals surface area contributed by atoms with Gasteiger partial charge < -0.3 is 15.0 Å². The molecule has 0 amide bonds. The molecule has 7 heteroatoms. The van der Waals surface area contributed by atoms with Gasteiger partial charge in [-0.2, -0.15) is 0 Å². The summed E-state index contributed by atoms with van der Waals surface area (Å²) in [5.74, 6) is 2.22. The number of likely N-dealkylation sites (tertiary alicyclic amines) is 1. The van der Waals surface area contributed by atoms with Gasteiger partial charge in [0.05, 0.1) is 23.7 Å². The molecule has 26 heavy (non-hydrogen) atoms. The highest BCUT2D eigenvalue weighted by molar-refractivity contribution is 7.90. The molecule has 3 aliphatic heterocycles. The highest BCUT2D eigenvalue weighted by atomic mass is 32.2. The molecule has 4 rings (SSSR count). The summed E-state index contributed by atoms with van der Waals surface area (Å²) in [6.45, 7) is 2.31. The summed E-state index contributed by atoms with van der Waals surface area (Å²) in [5, 5.41) is 3.25. The molecule has 0 spiro atoms. The van der Waals surface area contributed by atoms with E-state index in [0.29, 0.717) is 30.6 Å². The standard InChI is InChI=1S/C19H27N3O3S/c1-20-19(22-11-15-16(12-22)18-8-7-17(15)25-18)21-9-10-26(23,24)13-14-5-3-2-4-6-14/h2-6,15-18H,7-13H2,1H3,(H,20,21). The Morgan fingerprint density at radius 3 is 2.46 bits per heavy atom. The summed E-state index contributed by atoms with van der Waals surface area (Å²) in [5.41, 5.74) is 0.833. The summed E-state index contributed by atoms with van der Waals surface area (Å²) in [6, 6.07) is 9.33. The third-order valence-corrected chi connectivity index (χ3v) is 7.49. The second-order valence-electron chi connectivity index (χ2n) is 7.57. The largest absolute Gasteiger partial charge is 0.374 e. The Bertz CT molecular complexity index is 747. The van der Waals surface area contributed by atoms with E-state index in [9.17, 15) is 8.42 Å². The van der Waals surface area contributed by atoms with E-state index in [4.69, 9.17) is 4.74 Å². The number of rotatable bonds is 5. The van der Waals surface area contributed by atoms with Gasteiger partial charge in [0.15, 0.2) is 15.8 Å². The van der Waals surface area contributed by atoms with Crippen LogP contribution in [0.3, 0.4) is 0 Å². The fourth-order valence-electron chi connectivity index (χ4n) is 4.68. The minimum absolute atomic E-state index is 0.0860. The number of hydrogen-bond donors (Lipinski definition) is 1. The van der Waals surface area contributed by atoms with Gasteiger partial charge in [-0.25, -0.2) is 8.42 Å². The zero-order valence-corrected chi connectivity index (χ0v) is 16.0. The molecule has 3 saturated heterocycles. The molecule has 3 heterocycles. The van der Waals surface area contributed by atoms with Crippen molar-refractivity contribution in [3.63, 3.8) is 0 Å². The molecule has 4 atom stereocenters. The number of hydrogen-bond acceptors (Lipinski definition) is 4. The molecule has 0 aromatic heterocycles. The lowest BCUT2D eigenvalue weighted by molar-refractivity contribution is 0.0767. The molecule has 3 aliphatic rings. The first kappa shape index (κ1) is 17.8. The zero-order chi connectivity index (χ0) is 18.1. The number of aliphatic imine (C=N–C) groups is 1. The molecule has 1 aromatic rings. The predicted octanol–water partition coefficient (Wildman–Crippen LogP) is 1.29. The highest BCUT2D eigenvalue weighted by Crippen LogP contribution is 2.47. The van der Waals surface area contributed by atoms with Crippen LogP contribution in [0.2, 0.25) is 0 Å². The summed E-state index contributed by atoms with van der Waals surface area (Å²) in [6.07, 6.45) is 3.20. The Balaban J connectivity index is 1.28. The van der Waals surface area contributed by atoms with Crippen LogP contribution < -0.4 is 5.32 Å². The van der Waals surface area contributed by atoms with E-state index >= 15 is 0 Å². The van der Waals surface area contributed by atoms with Crippen molar-refractivity contribution in [1.82, 2.24) is 10.2 Å². The Labute approximate surface area is 155 Å². The van der Waals surface area contributed by atoms with E-state index in [-0.39, 0.29) is 11.5 Å². The molecular formula is C19H27N3O3S.